The summed E-state index contributed by atoms with van der Waals surface area (Å²) in [6, 6.07) is 7.67. The van der Waals surface area contributed by atoms with Crippen LogP contribution in [0, 0.1) is 13.8 Å². The molecular weight excluding hydrogens is 394 g/mol. The van der Waals surface area contributed by atoms with Gasteiger partial charge in [-0.05, 0) is 57.0 Å². The van der Waals surface area contributed by atoms with E-state index in [0.29, 0.717) is 25.2 Å². The number of benzene rings is 1. The van der Waals surface area contributed by atoms with Gasteiger partial charge in [0, 0.05) is 24.3 Å². The lowest BCUT2D eigenvalue weighted by atomic mass is 10.1. The van der Waals surface area contributed by atoms with Gasteiger partial charge in [-0.2, -0.15) is 9.40 Å². The molecule has 0 aliphatic carbocycles. The van der Waals surface area contributed by atoms with Crippen molar-refractivity contribution >= 4 is 21.8 Å². The van der Waals surface area contributed by atoms with Gasteiger partial charge in [0.25, 0.3) is 0 Å². The van der Waals surface area contributed by atoms with Gasteiger partial charge in [-0.15, -0.1) is 0 Å². The van der Waals surface area contributed by atoms with Crippen LogP contribution >= 0.6 is 0 Å². The standard InChI is InChI=1S/C20H25N3O5S/c1-15-13-16(2)23(21-15)12-9-20(25)28-14-19(24)17-5-7-18(8-6-17)29(26,27)22-10-3-4-11-22/h5-8,13H,3-4,9-12,14H2,1-2H3. The van der Waals surface area contributed by atoms with E-state index >= 15 is 0 Å². The molecule has 1 saturated heterocycles. The Labute approximate surface area is 170 Å². The first-order valence-electron chi connectivity index (χ1n) is 9.57. The Balaban J connectivity index is 1.51. The maximum Gasteiger partial charge on any atom is 0.308 e. The highest BCUT2D eigenvalue weighted by atomic mass is 32.2. The largest absolute Gasteiger partial charge is 0.457 e. The van der Waals surface area contributed by atoms with Crippen molar-refractivity contribution in [2.75, 3.05) is 19.7 Å². The Morgan fingerprint density at radius 2 is 1.76 bits per heavy atom. The van der Waals surface area contributed by atoms with Gasteiger partial charge in [0.05, 0.1) is 23.6 Å². The van der Waals surface area contributed by atoms with E-state index in [-0.39, 0.29) is 23.7 Å². The van der Waals surface area contributed by atoms with Crippen LogP contribution in [-0.2, 0) is 26.1 Å². The van der Waals surface area contributed by atoms with E-state index in [9.17, 15) is 18.0 Å². The molecule has 0 spiro atoms. The van der Waals surface area contributed by atoms with Crippen molar-refractivity contribution in [1.29, 1.82) is 0 Å². The molecular formula is C20H25N3O5S. The maximum atomic E-state index is 12.5. The molecule has 0 unspecified atom stereocenters. The molecule has 29 heavy (non-hydrogen) atoms. The third-order valence-electron chi connectivity index (χ3n) is 4.87. The lowest BCUT2D eigenvalue weighted by molar-refractivity contribution is -0.142. The van der Waals surface area contributed by atoms with Crippen LogP contribution in [0.1, 0.15) is 41.0 Å². The zero-order chi connectivity index (χ0) is 21.0. The zero-order valence-electron chi connectivity index (χ0n) is 16.6. The predicted molar refractivity (Wildman–Crippen MR) is 106 cm³/mol. The van der Waals surface area contributed by atoms with E-state index in [1.165, 1.54) is 28.6 Å². The number of esters is 1. The molecule has 0 saturated carbocycles. The summed E-state index contributed by atoms with van der Waals surface area (Å²) < 4.78 is 33.2. The summed E-state index contributed by atoms with van der Waals surface area (Å²) >= 11 is 0. The molecule has 0 amide bonds. The fourth-order valence-electron chi connectivity index (χ4n) is 3.29. The third-order valence-corrected chi connectivity index (χ3v) is 6.79. The quantitative estimate of drug-likeness (QED) is 0.480. The van der Waals surface area contributed by atoms with Crippen LogP contribution in [-0.4, -0.2) is 54.0 Å². The number of ketones is 1. The van der Waals surface area contributed by atoms with Crippen molar-refractivity contribution in [3.8, 4) is 0 Å². The molecule has 2 aromatic rings. The van der Waals surface area contributed by atoms with Crippen molar-refractivity contribution in [1.82, 2.24) is 14.1 Å². The number of aromatic nitrogens is 2. The summed E-state index contributed by atoms with van der Waals surface area (Å²) in [5, 5.41) is 4.27. The molecule has 0 radical (unpaired) electrons. The zero-order valence-corrected chi connectivity index (χ0v) is 17.4. The van der Waals surface area contributed by atoms with E-state index < -0.39 is 16.0 Å². The summed E-state index contributed by atoms with van der Waals surface area (Å²) in [4.78, 5) is 24.3. The van der Waals surface area contributed by atoms with E-state index in [2.05, 4.69) is 5.10 Å². The predicted octanol–water partition coefficient (Wildman–Crippen LogP) is 2.10. The van der Waals surface area contributed by atoms with Gasteiger partial charge in [0.15, 0.2) is 12.4 Å². The number of ether oxygens (including phenoxy) is 1. The Hall–Kier alpha value is -2.52. The Morgan fingerprint density at radius 3 is 2.34 bits per heavy atom. The van der Waals surface area contributed by atoms with Gasteiger partial charge < -0.3 is 4.74 Å². The molecule has 1 aliphatic rings. The van der Waals surface area contributed by atoms with E-state index in [0.717, 1.165) is 24.2 Å². The maximum absolute atomic E-state index is 12.5. The fourth-order valence-corrected chi connectivity index (χ4v) is 4.81. The summed E-state index contributed by atoms with van der Waals surface area (Å²) in [5.74, 6) is -0.867. The molecule has 1 fully saturated rings. The first-order valence-corrected chi connectivity index (χ1v) is 11.0. The summed E-state index contributed by atoms with van der Waals surface area (Å²) in [5.41, 5.74) is 2.13. The molecule has 2 heterocycles. The summed E-state index contributed by atoms with van der Waals surface area (Å²) in [6.45, 7) is 4.84. The number of carbonyl (C=O) groups excluding carboxylic acids is 2. The van der Waals surface area contributed by atoms with Gasteiger partial charge >= 0.3 is 5.97 Å². The van der Waals surface area contributed by atoms with Crippen molar-refractivity contribution in [3.05, 3.63) is 47.3 Å². The smallest absolute Gasteiger partial charge is 0.308 e. The van der Waals surface area contributed by atoms with Crippen molar-refractivity contribution in [2.24, 2.45) is 0 Å². The highest BCUT2D eigenvalue weighted by Crippen LogP contribution is 2.21. The van der Waals surface area contributed by atoms with Gasteiger partial charge in [-0.3, -0.25) is 14.3 Å². The second-order valence-corrected chi connectivity index (χ2v) is 9.06. The molecule has 1 aromatic heterocycles. The Morgan fingerprint density at radius 1 is 1.10 bits per heavy atom. The number of Topliss-reactive ketones (excluding diaryl/α,β-unsaturated/α-hetero) is 1. The molecule has 8 nitrogen and oxygen atoms in total. The second-order valence-electron chi connectivity index (χ2n) is 7.12. The lowest BCUT2D eigenvalue weighted by Gasteiger charge is -2.15. The molecule has 1 aromatic carbocycles. The van der Waals surface area contributed by atoms with Crippen LogP contribution in [0.3, 0.4) is 0 Å². The van der Waals surface area contributed by atoms with Crippen LogP contribution in [0.4, 0.5) is 0 Å². The fraction of sp³-hybridized carbons (Fsp3) is 0.450. The van der Waals surface area contributed by atoms with Crippen LogP contribution in [0.5, 0.6) is 0 Å². The first kappa shape index (κ1) is 21.2. The lowest BCUT2D eigenvalue weighted by Crippen LogP contribution is -2.27. The van der Waals surface area contributed by atoms with Crippen LogP contribution in [0.25, 0.3) is 0 Å². The number of hydrogen-bond acceptors (Lipinski definition) is 6. The van der Waals surface area contributed by atoms with E-state index in [4.69, 9.17) is 4.74 Å². The SMILES string of the molecule is Cc1cc(C)n(CCC(=O)OCC(=O)c2ccc(S(=O)(=O)N3CCCC3)cc2)n1. The second kappa shape index (κ2) is 8.87. The van der Waals surface area contributed by atoms with Crippen LogP contribution < -0.4 is 0 Å². The number of sulfonamides is 1. The van der Waals surface area contributed by atoms with E-state index in [1.807, 2.05) is 19.9 Å². The van der Waals surface area contributed by atoms with Crippen molar-refractivity contribution in [3.63, 3.8) is 0 Å². The Bertz CT molecular complexity index is 990. The minimum Gasteiger partial charge on any atom is -0.457 e. The molecule has 156 valence electrons. The minimum absolute atomic E-state index is 0.113. The van der Waals surface area contributed by atoms with Crippen LogP contribution in [0.15, 0.2) is 35.2 Å². The average Bonchev–Trinajstić information content (AvgIpc) is 3.34. The summed E-state index contributed by atoms with van der Waals surface area (Å²) in [6.07, 6.45) is 1.84. The molecule has 0 atom stereocenters. The number of nitrogens with zero attached hydrogens (tertiary/aromatic N) is 3. The van der Waals surface area contributed by atoms with Gasteiger partial charge in [0.2, 0.25) is 10.0 Å². The van der Waals surface area contributed by atoms with Crippen molar-refractivity contribution < 1.29 is 22.7 Å². The number of aryl methyl sites for hydroxylation is 3. The highest BCUT2D eigenvalue weighted by molar-refractivity contribution is 7.89. The average molecular weight is 420 g/mol. The molecule has 1 aliphatic heterocycles. The van der Waals surface area contributed by atoms with E-state index in [1.54, 1.807) is 4.68 Å². The Kier molecular flexibility index (Phi) is 6.49. The van der Waals surface area contributed by atoms with Gasteiger partial charge in [-0.25, -0.2) is 8.42 Å². The monoisotopic (exact) mass is 419 g/mol. The number of rotatable bonds is 8. The van der Waals surface area contributed by atoms with Crippen LogP contribution in [0.2, 0.25) is 0 Å². The molecule has 3 rings (SSSR count). The van der Waals surface area contributed by atoms with Crippen molar-refractivity contribution in [2.45, 2.75) is 44.6 Å². The topological polar surface area (TPSA) is 98.6 Å². The normalized spacial score (nSPS) is 14.8. The summed E-state index contributed by atoms with van der Waals surface area (Å²) in [7, 11) is -3.51. The number of hydrogen-bond donors (Lipinski definition) is 0. The molecule has 9 heteroatoms. The first-order chi connectivity index (χ1) is 13.8. The molecule has 0 N–H and O–H groups in total. The van der Waals surface area contributed by atoms with Gasteiger partial charge in [-0.1, -0.05) is 0 Å². The minimum atomic E-state index is -3.51. The highest BCUT2D eigenvalue weighted by Gasteiger charge is 2.27. The molecule has 0 bridgehead atoms. The number of carbonyl (C=O) groups is 2. The third kappa shape index (κ3) is 5.10. The van der Waals surface area contributed by atoms with Gasteiger partial charge in [0.1, 0.15) is 0 Å².